The van der Waals surface area contributed by atoms with Crippen LogP contribution in [0.25, 0.3) is 0 Å². The van der Waals surface area contributed by atoms with E-state index in [4.69, 9.17) is 5.73 Å². The van der Waals surface area contributed by atoms with Crippen molar-refractivity contribution in [2.24, 2.45) is 5.73 Å². The fraction of sp³-hybridized carbons (Fsp3) is 0.500. The summed E-state index contributed by atoms with van der Waals surface area (Å²) in [6, 6.07) is 4.47. The minimum Gasteiger partial charge on any atom is -0.327 e. The fourth-order valence-electron chi connectivity index (χ4n) is 2.14. The second-order valence-corrected chi connectivity index (χ2v) is 5.79. The van der Waals surface area contributed by atoms with Crippen LogP contribution in [0.15, 0.2) is 17.5 Å². The highest BCUT2D eigenvalue weighted by molar-refractivity contribution is 7.09. The van der Waals surface area contributed by atoms with E-state index in [1.165, 1.54) is 16.1 Å². The van der Waals surface area contributed by atoms with Crippen molar-refractivity contribution in [2.45, 2.75) is 46.2 Å². The van der Waals surface area contributed by atoms with Crippen LogP contribution in [0.2, 0.25) is 0 Å². The lowest BCUT2D eigenvalue weighted by Gasteiger charge is -2.09. The molecule has 0 aliphatic heterocycles. The zero-order chi connectivity index (χ0) is 13.1. The van der Waals surface area contributed by atoms with Crippen molar-refractivity contribution in [3.05, 3.63) is 39.3 Å². The molecular weight excluding hydrogens is 242 g/mol. The van der Waals surface area contributed by atoms with Crippen LogP contribution in [0, 0.1) is 13.8 Å². The highest BCUT2D eigenvalue weighted by Crippen LogP contribution is 2.18. The molecule has 2 aromatic rings. The third kappa shape index (κ3) is 2.82. The number of aryl methyl sites for hydroxylation is 1. The third-order valence-corrected chi connectivity index (χ3v) is 4.27. The maximum absolute atomic E-state index is 6.05. The Morgan fingerprint density at radius 3 is 2.83 bits per heavy atom. The normalized spacial score (nSPS) is 12.9. The van der Waals surface area contributed by atoms with E-state index in [2.05, 4.69) is 48.1 Å². The van der Waals surface area contributed by atoms with Crippen molar-refractivity contribution in [1.82, 2.24) is 9.78 Å². The lowest BCUT2D eigenvalue weighted by atomic mass is 10.0. The zero-order valence-corrected chi connectivity index (χ0v) is 12.1. The van der Waals surface area contributed by atoms with Gasteiger partial charge < -0.3 is 5.73 Å². The largest absolute Gasteiger partial charge is 0.327 e. The standard InChI is InChI=1S/C14H21N3S/c1-4-12(15)8-14-10(2)16-17(11(14)3)9-13-6-5-7-18-13/h5-7,12H,4,8-9,15H2,1-3H3. The lowest BCUT2D eigenvalue weighted by molar-refractivity contribution is 0.637. The topological polar surface area (TPSA) is 43.8 Å². The average molecular weight is 263 g/mol. The van der Waals surface area contributed by atoms with Gasteiger partial charge in [0.15, 0.2) is 0 Å². The van der Waals surface area contributed by atoms with Gasteiger partial charge in [0.05, 0.1) is 12.2 Å². The lowest BCUT2D eigenvalue weighted by Crippen LogP contribution is -2.22. The van der Waals surface area contributed by atoms with Crippen molar-refractivity contribution in [2.75, 3.05) is 0 Å². The van der Waals surface area contributed by atoms with Crippen LogP contribution in [-0.4, -0.2) is 15.8 Å². The highest BCUT2D eigenvalue weighted by Gasteiger charge is 2.14. The number of nitrogens with zero attached hydrogens (tertiary/aromatic N) is 2. The third-order valence-electron chi connectivity index (χ3n) is 3.41. The molecular formula is C14H21N3S. The van der Waals surface area contributed by atoms with E-state index in [1.54, 1.807) is 11.3 Å². The molecule has 2 rings (SSSR count). The molecule has 0 saturated heterocycles. The molecule has 1 atom stereocenters. The summed E-state index contributed by atoms with van der Waals surface area (Å²) in [7, 11) is 0. The van der Waals surface area contributed by atoms with E-state index < -0.39 is 0 Å². The maximum Gasteiger partial charge on any atom is 0.0755 e. The SMILES string of the molecule is CCC(N)Cc1c(C)nn(Cc2cccs2)c1C. The first-order valence-electron chi connectivity index (χ1n) is 6.42. The van der Waals surface area contributed by atoms with Crippen molar-refractivity contribution in [1.29, 1.82) is 0 Å². The summed E-state index contributed by atoms with van der Waals surface area (Å²) in [5.41, 5.74) is 9.75. The van der Waals surface area contributed by atoms with Gasteiger partial charge in [0, 0.05) is 16.6 Å². The van der Waals surface area contributed by atoms with Crippen molar-refractivity contribution < 1.29 is 0 Å². The van der Waals surface area contributed by atoms with Gasteiger partial charge >= 0.3 is 0 Å². The maximum atomic E-state index is 6.05. The summed E-state index contributed by atoms with van der Waals surface area (Å²) in [6.07, 6.45) is 1.94. The van der Waals surface area contributed by atoms with Gasteiger partial charge in [-0.2, -0.15) is 5.10 Å². The molecule has 0 radical (unpaired) electrons. The Balaban J connectivity index is 2.20. The van der Waals surface area contributed by atoms with E-state index in [0.29, 0.717) is 0 Å². The molecule has 0 aliphatic rings. The van der Waals surface area contributed by atoms with Gasteiger partial charge in [-0.15, -0.1) is 11.3 Å². The van der Waals surface area contributed by atoms with Crippen LogP contribution >= 0.6 is 11.3 Å². The van der Waals surface area contributed by atoms with Gasteiger partial charge in [0.1, 0.15) is 0 Å². The van der Waals surface area contributed by atoms with Crippen LogP contribution in [-0.2, 0) is 13.0 Å². The molecule has 0 fully saturated rings. The first kappa shape index (κ1) is 13.3. The van der Waals surface area contributed by atoms with Gasteiger partial charge in [-0.05, 0) is 43.7 Å². The smallest absolute Gasteiger partial charge is 0.0755 e. The van der Waals surface area contributed by atoms with Crippen molar-refractivity contribution in [3.8, 4) is 0 Å². The van der Waals surface area contributed by atoms with Gasteiger partial charge in [-0.1, -0.05) is 13.0 Å². The second kappa shape index (κ2) is 5.67. The Morgan fingerprint density at radius 2 is 2.22 bits per heavy atom. The molecule has 0 saturated carbocycles. The summed E-state index contributed by atoms with van der Waals surface area (Å²) < 4.78 is 2.10. The molecule has 0 bridgehead atoms. The van der Waals surface area contributed by atoms with E-state index in [9.17, 15) is 0 Å². The number of rotatable bonds is 5. The predicted octanol–water partition coefficient (Wildman–Crippen LogP) is 2.89. The van der Waals surface area contributed by atoms with E-state index in [0.717, 1.165) is 25.1 Å². The summed E-state index contributed by atoms with van der Waals surface area (Å²) in [6.45, 7) is 7.22. The predicted molar refractivity (Wildman–Crippen MR) is 77.1 cm³/mol. The summed E-state index contributed by atoms with van der Waals surface area (Å²) in [5.74, 6) is 0. The summed E-state index contributed by atoms with van der Waals surface area (Å²) >= 11 is 1.77. The van der Waals surface area contributed by atoms with Crippen molar-refractivity contribution >= 4 is 11.3 Å². The monoisotopic (exact) mass is 263 g/mol. The molecule has 0 amide bonds. The Bertz CT molecular complexity index is 499. The first-order valence-corrected chi connectivity index (χ1v) is 7.30. The van der Waals surface area contributed by atoms with Crippen LogP contribution in [0.3, 0.4) is 0 Å². The molecule has 3 nitrogen and oxygen atoms in total. The number of thiophene rings is 1. The van der Waals surface area contributed by atoms with Gasteiger partial charge in [-0.3, -0.25) is 4.68 Å². The molecule has 1 unspecified atom stereocenters. The average Bonchev–Trinajstić information content (AvgIpc) is 2.94. The van der Waals surface area contributed by atoms with E-state index >= 15 is 0 Å². The summed E-state index contributed by atoms with van der Waals surface area (Å²) in [4.78, 5) is 1.34. The molecule has 0 aromatic carbocycles. The Kier molecular flexibility index (Phi) is 4.19. The van der Waals surface area contributed by atoms with Crippen LogP contribution < -0.4 is 5.73 Å². The van der Waals surface area contributed by atoms with Gasteiger partial charge in [0.25, 0.3) is 0 Å². The van der Waals surface area contributed by atoms with E-state index in [-0.39, 0.29) is 6.04 Å². The summed E-state index contributed by atoms with van der Waals surface area (Å²) in [5, 5.41) is 6.75. The minimum absolute atomic E-state index is 0.238. The van der Waals surface area contributed by atoms with Crippen molar-refractivity contribution in [3.63, 3.8) is 0 Å². The number of hydrogen-bond acceptors (Lipinski definition) is 3. The zero-order valence-electron chi connectivity index (χ0n) is 11.3. The molecule has 2 aromatic heterocycles. The molecule has 2 N–H and O–H groups in total. The number of hydrogen-bond donors (Lipinski definition) is 1. The molecule has 0 spiro atoms. The van der Waals surface area contributed by atoms with Crippen LogP contribution in [0.1, 0.15) is 35.2 Å². The first-order chi connectivity index (χ1) is 8.61. The fourth-order valence-corrected chi connectivity index (χ4v) is 2.83. The molecule has 98 valence electrons. The van der Waals surface area contributed by atoms with Gasteiger partial charge in [0.2, 0.25) is 0 Å². The quantitative estimate of drug-likeness (QED) is 0.901. The van der Waals surface area contributed by atoms with Crippen LogP contribution in [0.5, 0.6) is 0 Å². The van der Waals surface area contributed by atoms with Gasteiger partial charge in [-0.25, -0.2) is 0 Å². The van der Waals surface area contributed by atoms with E-state index in [1.807, 2.05) is 0 Å². The molecule has 2 heterocycles. The number of aromatic nitrogens is 2. The Morgan fingerprint density at radius 1 is 1.44 bits per heavy atom. The number of nitrogens with two attached hydrogens (primary N) is 1. The highest BCUT2D eigenvalue weighted by atomic mass is 32.1. The molecule has 18 heavy (non-hydrogen) atoms. The molecule has 0 aliphatic carbocycles. The Hall–Kier alpha value is -1.13. The second-order valence-electron chi connectivity index (χ2n) is 4.76. The molecule has 4 heteroatoms. The Labute approximate surface area is 113 Å². The minimum atomic E-state index is 0.238. The van der Waals surface area contributed by atoms with Crippen LogP contribution in [0.4, 0.5) is 0 Å².